The molecule has 7 aliphatic heterocycles. The molecule has 5 aliphatic carbocycles. The number of aliphatic hydroxyl groups is 18. The number of aliphatic carboxylic acids is 1. The van der Waals surface area contributed by atoms with Crippen LogP contribution in [0.1, 0.15) is 120 Å². The van der Waals surface area contributed by atoms with Crippen molar-refractivity contribution < 1.29 is 178 Å². The molecule has 19 N–H and O–H groups in total. The highest BCUT2D eigenvalue weighted by atomic mass is 16.8. The van der Waals surface area contributed by atoms with Crippen LogP contribution in [-0.2, 0) is 80.7 Å². The van der Waals surface area contributed by atoms with Gasteiger partial charge in [-0.2, -0.15) is 0 Å². The van der Waals surface area contributed by atoms with Crippen LogP contribution in [0, 0.1) is 50.2 Å². The third-order valence-electron chi connectivity index (χ3n) is 26.8. The molecule has 606 valence electrons. The van der Waals surface area contributed by atoms with Crippen molar-refractivity contribution in [2.75, 3.05) is 26.4 Å². The lowest BCUT2D eigenvalue weighted by Crippen LogP contribution is -2.69. The summed E-state index contributed by atoms with van der Waals surface area (Å²) in [5.41, 5.74) is -3.61. The molecule has 0 aromatic carbocycles. The molecule has 12 aliphatic rings. The average molecular weight is 1530 g/mol. The van der Waals surface area contributed by atoms with Crippen LogP contribution in [0.4, 0.5) is 0 Å². The number of hydrogen-bond acceptors (Lipinski definition) is 35. The zero-order chi connectivity index (χ0) is 77.3. The van der Waals surface area contributed by atoms with Crippen molar-refractivity contribution in [1.29, 1.82) is 0 Å². The number of aliphatic hydroxyl groups excluding tert-OH is 18. The largest absolute Gasteiger partial charge is 0.479 e. The van der Waals surface area contributed by atoms with E-state index >= 15 is 4.79 Å². The number of allylic oxidation sites excluding steroid dienone is 2. The molecule has 0 amide bonds. The molecule has 4 saturated carbocycles. The zero-order valence-corrected chi connectivity index (χ0v) is 60.4. The van der Waals surface area contributed by atoms with E-state index in [4.69, 9.17) is 66.3 Å². The number of ether oxygens (including phenoxy) is 14. The molecular formula is C70H110O36. The van der Waals surface area contributed by atoms with Gasteiger partial charge in [0.1, 0.15) is 141 Å². The summed E-state index contributed by atoms with van der Waals surface area (Å²) in [6.07, 6.45) is -53.9. The SMILES string of the molecule is CC1O[C@@H](O[C@@H]2C(O[C@@H]3OC(CO)[C@H](O)[C@H](O)C3O)[C@H](OC3CC[C@@]4(C)C(CC[C@]5(C)C4CC=C4[C@@H]6CC(C)(C)CC[C@]6(C(=O)O[C@@H]6OC[C@H](O)[C@H](O)C6O[C@@H]6OC(C)[C@H](O[C@@H]7OC[C@H](O)[C@H](O)C7O)[C@H](O[C@@H]7OC(CO)[C@H](O)[C@H](O)C7O)C6O)CC[C@]45C)[C@]3(C)C=O)OC(C(=O)O)[C@@H]2O)C(O)[C@@H](O)[C@H]1O. The quantitative estimate of drug-likeness (QED) is 0.0263. The van der Waals surface area contributed by atoms with E-state index < -0.39 is 286 Å². The van der Waals surface area contributed by atoms with Crippen LogP contribution < -0.4 is 0 Å². The predicted molar refractivity (Wildman–Crippen MR) is 347 cm³/mol. The van der Waals surface area contributed by atoms with Crippen molar-refractivity contribution in [2.45, 2.75) is 328 Å². The summed E-state index contributed by atoms with van der Waals surface area (Å²) in [4.78, 5) is 43.1. The van der Waals surface area contributed by atoms with Crippen molar-refractivity contribution in [2.24, 2.45) is 50.2 Å². The highest BCUT2D eigenvalue weighted by Gasteiger charge is 2.72. The van der Waals surface area contributed by atoms with Crippen molar-refractivity contribution in [3.05, 3.63) is 11.6 Å². The van der Waals surface area contributed by atoms with Gasteiger partial charge in [0.05, 0.1) is 55.6 Å². The van der Waals surface area contributed by atoms with Gasteiger partial charge in [-0.1, -0.05) is 53.2 Å². The Morgan fingerprint density at radius 2 is 0.991 bits per heavy atom. The van der Waals surface area contributed by atoms with Gasteiger partial charge in [-0.15, -0.1) is 0 Å². The summed E-state index contributed by atoms with van der Waals surface area (Å²) >= 11 is 0. The van der Waals surface area contributed by atoms with Crippen LogP contribution in [0.15, 0.2) is 11.6 Å². The summed E-state index contributed by atoms with van der Waals surface area (Å²) < 4.78 is 84.9. The average Bonchev–Trinajstić information content (AvgIpc) is 0.674. The van der Waals surface area contributed by atoms with Gasteiger partial charge in [0.25, 0.3) is 0 Å². The van der Waals surface area contributed by atoms with Crippen LogP contribution in [0.2, 0.25) is 0 Å². The summed E-state index contributed by atoms with van der Waals surface area (Å²) in [5, 5.41) is 207. The van der Waals surface area contributed by atoms with E-state index in [1.165, 1.54) is 13.8 Å². The molecule has 12 rings (SSSR count). The molecular weight excluding hydrogens is 1420 g/mol. The topological polar surface area (TPSA) is 565 Å². The number of carbonyl (C=O) groups is 3. The second-order valence-electron chi connectivity index (χ2n) is 33.5. The Morgan fingerprint density at radius 1 is 0.481 bits per heavy atom. The first-order valence-electron chi connectivity index (χ1n) is 36.9. The van der Waals surface area contributed by atoms with E-state index in [9.17, 15) is 107 Å². The Hall–Kier alpha value is -2.89. The molecule has 0 radical (unpaired) electrons. The molecule has 7 heterocycles. The molecule has 15 unspecified atom stereocenters. The summed E-state index contributed by atoms with van der Waals surface area (Å²) in [6.45, 7) is 12.6. The monoisotopic (exact) mass is 1530 g/mol. The molecule has 0 aromatic rings. The third kappa shape index (κ3) is 14.2. The van der Waals surface area contributed by atoms with E-state index in [2.05, 4.69) is 40.7 Å². The summed E-state index contributed by atoms with van der Waals surface area (Å²) in [5.74, 6) is -3.43. The van der Waals surface area contributed by atoms with Crippen LogP contribution in [-0.4, -0.2) is 351 Å². The van der Waals surface area contributed by atoms with Gasteiger partial charge in [0.15, 0.2) is 49.9 Å². The smallest absolute Gasteiger partial charge is 0.335 e. The lowest BCUT2D eigenvalue weighted by molar-refractivity contribution is -0.394. The number of carboxylic acid groups (broad SMARTS) is 1. The maximum absolute atomic E-state index is 15.8. The Bertz CT molecular complexity index is 3100. The van der Waals surface area contributed by atoms with Crippen molar-refractivity contribution in [1.82, 2.24) is 0 Å². The molecule has 0 aromatic heterocycles. The molecule has 36 nitrogen and oxygen atoms in total. The fraction of sp³-hybridized carbons (Fsp3) is 0.929. The molecule has 11 fully saturated rings. The minimum Gasteiger partial charge on any atom is -0.479 e. The number of esters is 1. The molecule has 7 saturated heterocycles. The molecule has 106 heavy (non-hydrogen) atoms. The summed E-state index contributed by atoms with van der Waals surface area (Å²) in [6, 6.07) is 0. The minimum atomic E-state index is -2.22. The van der Waals surface area contributed by atoms with E-state index in [-0.39, 0.29) is 17.8 Å². The van der Waals surface area contributed by atoms with Crippen LogP contribution in [0.25, 0.3) is 0 Å². The van der Waals surface area contributed by atoms with Gasteiger partial charge in [-0.05, 0) is 117 Å². The van der Waals surface area contributed by atoms with Gasteiger partial charge in [-0.25, -0.2) is 4.79 Å². The first-order chi connectivity index (χ1) is 49.8. The Labute approximate surface area is 610 Å². The van der Waals surface area contributed by atoms with Crippen LogP contribution in [0.5, 0.6) is 0 Å². The fourth-order valence-corrected chi connectivity index (χ4v) is 20.1. The number of fused-ring (bicyclic) bond motifs is 7. The molecule has 42 atom stereocenters. The first kappa shape index (κ1) is 82.6. The van der Waals surface area contributed by atoms with E-state index in [1.54, 1.807) is 6.92 Å². The lowest BCUT2D eigenvalue weighted by atomic mass is 9.33. The van der Waals surface area contributed by atoms with E-state index in [1.807, 2.05) is 0 Å². The third-order valence-corrected chi connectivity index (χ3v) is 26.8. The molecule has 0 spiro atoms. The molecule has 36 heteroatoms. The minimum absolute atomic E-state index is 0.126. The van der Waals surface area contributed by atoms with Gasteiger partial charge >= 0.3 is 11.9 Å². The van der Waals surface area contributed by atoms with Crippen LogP contribution >= 0.6 is 0 Å². The number of carboxylic acids is 1. The van der Waals surface area contributed by atoms with E-state index in [0.717, 1.165) is 11.9 Å². The first-order valence-corrected chi connectivity index (χ1v) is 36.9. The second-order valence-corrected chi connectivity index (χ2v) is 33.5. The van der Waals surface area contributed by atoms with Crippen molar-refractivity contribution in [3.63, 3.8) is 0 Å². The lowest BCUT2D eigenvalue weighted by Gasteiger charge is -2.71. The van der Waals surface area contributed by atoms with Gasteiger partial charge in [0.2, 0.25) is 6.29 Å². The number of carbonyl (C=O) groups excluding carboxylic acids is 2. The zero-order valence-electron chi connectivity index (χ0n) is 60.4. The standard InChI is InChI=1S/C70H110O36/c1-25-36(76)41(81)45(85)58(95-25)101-51-48(88)53(56(90)91)103-63(55(51)105-60-47(87)43(83)40(80)32(21-72)98-60)99-35-12-13-66(5)33(67(35,6)24-73)11-14-69(8)34(66)10-9-27-28-19-65(3,4)15-17-70(28,18-16-68(27,69)7)64(92)106-62-54(38(78)30(75)23-94-62)104-61-49(89)52(102-59-46(86)42(82)39(79)31(20-71)97-59)50(26(2)96-61)100-57-44(84)37(77)29(74)22-93-57/h9,24-26,28-55,57-63,71-72,74-89H,10-23H2,1-8H3,(H,90,91)/t25?,26?,28-,29-,30-,31?,32?,33?,34?,35?,36-,37-,38-,39-,40-,41-,42-,43-,44?,45?,46?,47?,48+,49?,50-,51-,52+,53?,54?,55?,57-,58-,59-,60-,61-,62-,63+,66-,67-,68+,69+,70-/m0/s1. The van der Waals surface area contributed by atoms with Crippen molar-refractivity contribution >= 4 is 18.2 Å². The predicted octanol–water partition coefficient (Wildman–Crippen LogP) is -5.96. The van der Waals surface area contributed by atoms with Gasteiger partial charge in [0, 0.05) is 0 Å². The summed E-state index contributed by atoms with van der Waals surface area (Å²) in [7, 11) is 0. The second kappa shape index (κ2) is 31.1. The molecule has 0 bridgehead atoms. The van der Waals surface area contributed by atoms with Gasteiger partial charge < -0.3 is 168 Å². The number of rotatable bonds is 18. The van der Waals surface area contributed by atoms with Crippen LogP contribution in [0.3, 0.4) is 0 Å². The van der Waals surface area contributed by atoms with E-state index in [0.29, 0.717) is 57.8 Å². The number of hydrogen-bond donors (Lipinski definition) is 19. The van der Waals surface area contributed by atoms with Gasteiger partial charge in [-0.3, -0.25) is 4.79 Å². The van der Waals surface area contributed by atoms with Crippen molar-refractivity contribution in [3.8, 4) is 0 Å². The Balaban J connectivity index is 0.800. The maximum Gasteiger partial charge on any atom is 0.335 e. The highest BCUT2D eigenvalue weighted by Crippen LogP contribution is 2.76. The normalized spacial score (nSPS) is 54.7. The Kier molecular flexibility index (Phi) is 24.3. The Morgan fingerprint density at radius 3 is 1.58 bits per heavy atom. The number of aldehydes is 1. The fourth-order valence-electron chi connectivity index (χ4n) is 20.1. The maximum atomic E-state index is 15.8. The highest BCUT2D eigenvalue weighted by molar-refractivity contribution is 5.79.